The lowest BCUT2D eigenvalue weighted by Gasteiger charge is -2.31. The quantitative estimate of drug-likeness (QED) is 0.812. The average Bonchev–Trinajstić information content (AvgIpc) is 2.59. The third-order valence-electron chi connectivity index (χ3n) is 3.50. The SMILES string of the molecule is CC(C)(C)CCNC(=O)N1CCCC1(C)C(=O)O. The van der Waals surface area contributed by atoms with Crippen LogP contribution in [0, 0.1) is 5.41 Å². The summed E-state index contributed by atoms with van der Waals surface area (Å²) in [4.78, 5) is 24.7. The number of carbonyl (C=O) groups is 2. The molecule has 18 heavy (non-hydrogen) atoms. The highest BCUT2D eigenvalue weighted by atomic mass is 16.4. The maximum absolute atomic E-state index is 12.0. The zero-order chi connectivity index (χ0) is 14.0. The van der Waals surface area contributed by atoms with E-state index < -0.39 is 11.5 Å². The Morgan fingerprint density at radius 1 is 1.39 bits per heavy atom. The number of carbonyl (C=O) groups excluding carboxylic acids is 1. The highest BCUT2D eigenvalue weighted by Gasteiger charge is 2.45. The number of rotatable bonds is 3. The zero-order valence-corrected chi connectivity index (χ0v) is 11.7. The minimum Gasteiger partial charge on any atom is -0.480 e. The van der Waals surface area contributed by atoms with E-state index in [1.807, 2.05) is 0 Å². The normalized spacial score (nSPS) is 24.1. The van der Waals surface area contributed by atoms with Crippen LogP contribution in [-0.4, -0.2) is 40.6 Å². The molecule has 2 amide bonds. The van der Waals surface area contributed by atoms with Gasteiger partial charge in [-0.25, -0.2) is 9.59 Å². The van der Waals surface area contributed by atoms with Crippen molar-refractivity contribution in [1.29, 1.82) is 0 Å². The molecule has 1 rings (SSSR count). The van der Waals surface area contributed by atoms with E-state index in [0.29, 0.717) is 19.5 Å². The van der Waals surface area contributed by atoms with Gasteiger partial charge in [-0.2, -0.15) is 0 Å². The van der Waals surface area contributed by atoms with E-state index in [2.05, 4.69) is 26.1 Å². The first-order valence-electron chi connectivity index (χ1n) is 6.46. The molecule has 0 aromatic heterocycles. The molecule has 0 radical (unpaired) electrons. The van der Waals surface area contributed by atoms with Crippen molar-refractivity contribution in [3.05, 3.63) is 0 Å². The third kappa shape index (κ3) is 3.37. The second-order valence-corrected chi connectivity index (χ2v) is 6.38. The number of carboxylic acids is 1. The van der Waals surface area contributed by atoms with Crippen molar-refractivity contribution in [3.8, 4) is 0 Å². The molecule has 0 aromatic rings. The lowest BCUT2D eigenvalue weighted by atomic mass is 9.92. The van der Waals surface area contributed by atoms with Crippen LogP contribution in [-0.2, 0) is 4.79 Å². The fraction of sp³-hybridized carbons (Fsp3) is 0.846. The van der Waals surface area contributed by atoms with Crippen LogP contribution in [0.1, 0.15) is 47.0 Å². The predicted octanol–water partition coefficient (Wildman–Crippen LogP) is 2.07. The summed E-state index contributed by atoms with van der Waals surface area (Å²) in [5.41, 5.74) is -0.889. The molecule has 1 atom stereocenters. The molecular weight excluding hydrogens is 232 g/mol. The molecule has 5 nitrogen and oxygen atoms in total. The summed E-state index contributed by atoms with van der Waals surface area (Å²) in [6, 6.07) is -0.262. The molecule has 1 unspecified atom stereocenters. The zero-order valence-electron chi connectivity index (χ0n) is 11.7. The summed E-state index contributed by atoms with van der Waals surface area (Å²) >= 11 is 0. The number of urea groups is 1. The van der Waals surface area contributed by atoms with Gasteiger partial charge in [-0.05, 0) is 31.6 Å². The Bertz CT molecular complexity index is 336. The van der Waals surface area contributed by atoms with Crippen molar-refractivity contribution in [2.75, 3.05) is 13.1 Å². The fourth-order valence-corrected chi connectivity index (χ4v) is 2.15. The van der Waals surface area contributed by atoms with Crippen molar-refractivity contribution in [1.82, 2.24) is 10.2 Å². The number of nitrogens with one attached hydrogen (secondary N) is 1. The summed E-state index contributed by atoms with van der Waals surface area (Å²) in [5, 5.41) is 12.0. The molecular formula is C13H24N2O3. The van der Waals surface area contributed by atoms with E-state index in [1.165, 1.54) is 4.90 Å². The third-order valence-corrected chi connectivity index (χ3v) is 3.50. The summed E-state index contributed by atoms with van der Waals surface area (Å²) in [6.45, 7) is 9.04. The first-order valence-corrected chi connectivity index (χ1v) is 6.46. The fourth-order valence-electron chi connectivity index (χ4n) is 2.15. The van der Waals surface area contributed by atoms with Crippen LogP contribution < -0.4 is 5.32 Å². The van der Waals surface area contributed by atoms with Crippen molar-refractivity contribution in [2.45, 2.75) is 52.5 Å². The van der Waals surface area contributed by atoms with E-state index in [-0.39, 0.29) is 11.4 Å². The standard InChI is InChI=1S/C13H24N2O3/c1-12(2,3)7-8-14-11(18)15-9-5-6-13(15,4)10(16)17/h5-9H2,1-4H3,(H,14,18)(H,16,17). The van der Waals surface area contributed by atoms with Crippen molar-refractivity contribution < 1.29 is 14.7 Å². The Balaban J connectivity index is 2.54. The number of aliphatic carboxylic acids is 1. The van der Waals surface area contributed by atoms with Crippen LogP contribution in [0.15, 0.2) is 0 Å². The van der Waals surface area contributed by atoms with Crippen molar-refractivity contribution >= 4 is 12.0 Å². The number of likely N-dealkylation sites (tertiary alicyclic amines) is 1. The molecule has 2 N–H and O–H groups in total. The summed E-state index contributed by atoms with van der Waals surface area (Å²) in [7, 11) is 0. The highest BCUT2D eigenvalue weighted by Crippen LogP contribution is 2.29. The van der Waals surface area contributed by atoms with Gasteiger partial charge >= 0.3 is 12.0 Å². The van der Waals surface area contributed by atoms with Gasteiger partial charge in [0.25, 0.3) is 0 Å². The summed E-state index contributed by atoms with van der Waals surface area (Å²) < 4.78 is 0. The Morgan fingerprint density at radius 3 is 2.50 bits per heavy atom. The molecule has 0 spiro atoms. The Morgan fingerprint density at radius 2 is 2.00 bits per heavy atom. The minimum atomic E-state index is -1.05. The molecule has 1 fully saturated rings. The second kappa shape index (κ2) is 5.16. The lowest BCUT2D eigenvalue weighted by molar-refractivity contribution is -0.147. The molecule has 5 heteroatoms. The van der Waals surface area contributed by atoms with Crippen molar-refractivity contribution in [3.63, 3.8) is 0 Å². The Labute approximate surface area is 109 Å². The van der Waals surface area contributed by atoms with Gasteiger partial charge in [-0.15, -0.1) is 0 Å². The van der Waals surface area contributed by atoms with Crippen LogP contribution in [0.25, 0.3) is 0 Å². The van der Waals surface area contributed by atoms with Gasteiger partial charge in [0.15, 0.2) is 0 Å². The Hall–Kier alpha value is -1.26. The number of carboxylic acid groups (broad SMARTS) is 1. The van der Waals surface area contributed by atoms with Gasteiger partial charge in [0.1, 0.15) is 5.54 Å². The van der Waals surface area contributed by atoms with Crippen LogP contribution in [0.3, 0.4) is 0 Å². The van der Waals surface area contributed by atoms with Crippen LogP contribution in [0.5, 0.6) is 0 Å². The maximum Gasteiger partial charge on any atom is 0.329 e. The van der Waals surface area contributed by atoms with Gasteiger partial charge in [0, 0.05) is 13.1 Å². The molecule has 1 saturated heterocycles. The van der Waals surface area contributed by atoms with E-state index in [9.17, 15) is 14.7 Å². The van der Waals surface area contributed by atoms with Gasteiger partial charge in [-0.1, -0.05) is 20.8 Å². The molecule has 1 aliphatic rings. The van der Waals surface area contributed by atoms with Crippen LogP contribution >= 0.6 is 0 Å². The number of hydrogen-bond acceptors (Lipinski definition) is 2. The Kier molecular flexibility index (Phi) is 4.24. The molecule has 0 aliphatic carbocycles. The number of nitrogens with zero attached hydrogens (tertiary/aromatic N) is 1. The van der Waals surface area contributed by atoms with Gasteiger partial charge in [0.2, 0.25) is 0 Å². The molecule has 0 bridgehead atoms. The van der Waals surface area contributed by atoms with Crippen molar-refractivity contribution in [2.24, 2.45) is 5.41 Å². The lowest BCUT2D eigenvalue weighted by Crippen LogP contribution is -2.54. The summed E-state index contributed by atoms with van der Waals surface area (Å²) in [6.07, 6.45) is 2.14. The summed E-state index contributed by atoms with van der Waals surface area (Å²) in [5.74, 6) is -0.925. The average molecular weight is 256 g/mol. The highest BCUT2D eigenvalue weighted by molar-refractivity contribution is 5.86. The number of hydrogen-bond donors (Lipinski definition) is 2. The minimum absolute atomic E-state index is 0.161. The second-order valence-electron chi connectivity index (χ2n) is 6.38. The largest absolute Gasteiger partial charge is 0.480 e. The van der Waals surface area contributed by atoms with Gasteiger partial charge in [-0.3, -0.25) is 0 Å². The van der Waals surface area contributed by atoms with Crippen LogP contribution in [0.4, 0.5) is 4.79 Å². The van der Waals surface area contributed by atoms with Gasteiger partial charge in [0.05, 0.1) is 0 Å². The molecule has 0 saturated carbocycles. The van der Waals surface area contributed by atoms with Gasteiger partial charge < -0.3 is 15.3 Å². The topological polar surface area (TPSA) is 69.6 Å². The molecule has 0 aromatic carbocycles. The first-order chi connectivity index (χ1) is 8.17. The number of amides is 2. The predicted molar refractivity (Wildman–Crippen MR) is 69.5 cm³/mol. The first kappa shape index (κ1) is 14.8. The van der Waals surface area contributed by atoms with E-state index in [1.54, 1.807) is 6.92 Å². The monoisotopic (exact) mass is 256 g/mol. The smallest absolute Gasteiger partial charge is 0.329 e. The van der Waals surface area contributed by atoms with E-state index in [4.69, 9.17) is 0 Å². The van der Waals surface area contributed by atoms with E-state index >= 15 is 0 Å². The maximum atomic E-state index is 12.0. The van der Waals surface area contributed by atoms with Crippen LogP contribution in [0.2, 0.25) is 0 Å². The molecule has 104 valence electrons. The molecule has 1 heterocycles. The molecule has 1 aliphatic heterocycles. The van der Waals surface area contributed by atoms with E-state index in [0.717, 1.165) is 12.8 Å².